The van der Waals surface area contributed by atoms with E-state index < -0.39 is 5.25 Å². The molecule has 0 aliphatic heterocycles. The topological polar surface area (TPSA) is 72.7 Å². The van der Waals surface area contributed by atoms with E-state index in [-0.39, 0.29) is 5.91 Å². The number of carbonyl (C=O) groups is 1. The second-order valence-electron chi connectivity index (χ2n) is 6.49. The van der Waals surface area contributed by atoms with Gasteiger partial charge in [-0.05, 0) is 60.0 Å². The number of tetrazole rings is 1. The fourth-order valence-electron chi connectivity index (χ4n) is 2.65. The summed E-state index contributed by atoms with van der Waals surface area (Å²) in [5.41, 5.74) is 2.53. The summed E-state index contributed by atoms with van der Waals surface area (Å²) in [4.78, 5) is 12.6. The molecular weight excluding hydrogens is 429 g/mol. The van der Waals surface area contributed by atoms with Gasteiger partial charge in [0, 0.05) is 0 Å². The molecule has 1 unspecified atom stereocenters. The van der Waals surface area contributed by atoms with Gasteiger partial charge in [-0.25, -0.2) is 0 Å². The largest absolute Gasteiger partial charge is 0.323 e. The van der Waals surface area contributed by atoms with Gasteiger partial charge in [-0.1, -0.05) is 66.5 Å². The number of amides is 1. The van der Waals surface area contributed by atoms with Crippen LogP contribution in [0.4, 0.5) is 5.69 Å². The van der Waals surface area contributed by atoms with Gasteiger partial charge in [-0.3, -0.25) is 4.79 Å². The monoisotopic (exact) mass is 449 g/mol. The molecule has 3 rings (SSSR count). The lowest BCUT2D eigenvalue weighted by atomic mass is 10.1. The number of thioether (sulfide) groups is 1. The maximum Gasteiger partial charge on any atom is 0.237 e. The maximum absolute atomic E-state index is 12.6. The number of para-hydroxylation sites is 1. The summed E-state index contributed by atoms with van der Waals surface area (Å²) in [6.45, 7) is 3.95. The van der Waals surface area contributed by atoms with Crippen LogP contribution in [0.15, 0.2) is 47.6 Å². The number of rotatable bonds is 8. The van der Waals surface area contributed by atoms with Crippen molar-refractivity contribution in [3.63, 3.8) is 0 Å². The molecule has 0 saturated heterocycles. The zero-order chi connectivity index (χ0) is 20.8. The summed E-state index contributed by atoms with van der Waals surface area (Å²) < 4.78 is 1.63. The highest BCUT2D eigenvalue weighted by Gasteiger charge is 2.21. The van der Waals surface area contributed by atoms with Gasteiger partial charge < -0.3 is 5.32 Å². The minimum absolute atomic E-state index is 0.241. The standard InChI is InChI=1S/C20H21Cl2N5OS/c1-3-4-6-14-9-11-15(12-10-14)27-20(24-25-26-27)29-13(2)19(28)23-18-16(21)7-5-8-17(18)22/h5,7-13H,3-4,6H2,1-2H3,(H,23,28). The molecule has 1 amide bonds. The lowest BCUT2D eigenvalue weighted by Gasteiger charge is -2.13. The van der Waals surface area contributed by atoms with E-state index in [4.69, 9.17) is 23.2 Å². The summed E-state index contributed by atoms with van der Waals surface area (Å²) in [5.74, 6) is -0.241. The van der Waals surface area contributed by atoms with Crippen molar-refractivity contribution in [2.75, 3.05) is 5.32 Å². The number of aryl methyl sites for hydroxylation is 1. The molecular formula is C20H21Cl2N5OS. The van der Waals surface area contributed by atoms with Crippen LogP contribution in [0.2, 0.25) is 10.0 Å². The first-order valence-corrected chi connectivity index (χ1v) is 10.9. The number of benzene rings is 2. The molecule has 0 aliphatic rings. The third-order valence-electron chi connectivity index (χ3n) is 4.30. The highest BCUT2D eigenvalue weighted by atomic mass is 35.5. The Morgan fingerprint density at radius 2 is 1.86 bits per heavy atom. The molecule has 152 valence electrons. The van der Waals surface area contributed by atoms with Gasteiger partial charge in [0.05, 0.1) is 26.7 Å². The van der Waals surface area contributed by atoms with Gasteiger partial charge >= 0.3 is 0 Å². The van der Waals surface area contributed by atoms with E-state index in [1.807, 2.05) is 12.1 Å². The molecule has 0 fully saturated rings. The number of carbonyl (C=O) groups excluding carboxylic acids is 1. The Kier molecular flexibility index (Phi) is 7.52. The second-order valence-corrected chi connectivity index (χ2v) is 8.61. The molecule has 1 heterocycles. The van der Waals surface area contributed by atoms with Crippen molar-refractivity contribution in [2.24, 2.45) is 0 Å². The number of aromatic nitrogens is 4. The summed E-state index contributed by atoms with van der Waals surface area (Å²) in [7, 11) is 0. The number of hydrogen-bond acceptors (Lipinski definition) is 5. The van der Waals surface area contributed by atoms with Gasteiger partial charge in [-0.2, -0.15) is 4.68 Å². The lowest BCUT2D eigenvalue weighted by Crippen LogP contribution is -2.23. The number of unbranched alkanes of at least 4 members (excludes halogenated alkanes) is 1. The Morgan fingerprint density at radius 1 is 1.17 bits per heavy atom. The van der Waals surface area contributed by atoms with Crippen LogP contribution in [0, 0.1) is 0 Å². The smallest absolute Gasteiger partial charge is 0.237 e. The third kappa shape index (κ3) is 5.50. The van der Waals surface area contributed by atoms with Crippen LogP contribution in [-0.2, 0) is 11.2 Å². The molecule has 1 aromatic heterocycles. The fourth-order valence-corrected chi connectivity index (χ4v) is 3.95. The molecule has 1 N–H and O–H groups in total. The van der Waals surface area contributed by atoms with Crippen molar-refractivity contribution in [1.29, 1.82) is 0 Å². The first kappa shape index (κ1) is 21.6. The van der Waals surface area contributed by atoms with Crippen LogP contribution in [0.5, 0.6) is 0 Å². The van der Waals surface area contributed by atoms with Gasteiger partial charge in [0.25, 0.3) is 0 Å². The number of hydrogen-bond donors (Lipinski definition) is 1. The predicted molar refractivity (Wildman–Crippen MR) is 118 cm³/mol. The van der Waals surface area contributed by atoms with Crippen molar-refractivity contribution in [1.82, 2.24) is 20.2 Å². The Balaban J connectivity index is 1.70. The Morgan fingerprint density at radius 3 is 2.52 bits per heavy atom. The molecule has 0 saturated carbocycles. The summed E-state index contributed by atoms with van der Waals surface area (Å²) in [5, 5.41) is 15.5. The number of nitrogens with zero attached hydrogens (tertiary/aromatic N) is 4. The van der Waals surface area contributed by atoms with E-state index in [0.29, 0.717) is 20.9 Å². The quantitative estimate of drug-likeness (QED) is 0.464. The number of anilines is 1. The van der Waals surface area contributed by atoms with Gasteiger partial charge in [0.1, 0.15) is 0 Å². The highest BCUT2D eigenvalue weighted by Crippen LogP contribution is 2.31. The average Bonchev–Trinajstić information content (AvgIpc) is 3.17. The first-order valence-electron chi connectivity index (χ1n) is 9.28. The van der Waals surface area contributed by atoms with Crippen LogP contribution in [0.1, 0.15) is 32.3 Å². The Bertz CT molecular complexity index is 957. The number of nitrogens with one attached hydrogen (secondary N) is 1. The predicted octanol–water partition coefficient (Wildman–Crippen LogP) is 5.43. The van der Waals surface area contributed by atoms with Crippen LogP contribution in [0.25, 0.3) is 5.69 Å². The Hall–Kier alpha value is -2.09. The van der Waals surface area contributed by atoms with Crippen LogP contribution >= 0.6 is 35.0 Å². The Labute approximate surface area is 184 Å². The van der Waals surface area contributed by atoms with Crippen LogP contribution < -0.4 is 5.32 Å². The molecule has 0 spiro atoms. The van der Waals surface area contributed by atoms with Crippen molar-refractivity contribution in [3.8, 4) is 5.69 Å². The first-order chi connectivity index (χ1) is 14.0. The molecule has 0 radical (unpaired) electrons. The van der Waals surface area contributed by atoms with Gasteiger partial charge in [0.2, 0.25) is 11.1 Å². The summed E-state index contributed by atoms with van der Waals surface area (Å²) in [6, 6.07) is 13.2. The van der Waals surface area contributed by atoms with E-state index in [9.17, 15) is 4.79 Å². The van der Waals surface area contributed by atoms with Crippen molar-refractivity contribution < 1.29 is 4.79 Å². The summed E-state index contributed by atoms with van der Waals surface area (Å²) >= 11 is 13.5. The minimum Gasteiger partial charge on any atom is -0.323 e. The van der Waals surface area contributed by atoms with Gasteiger partial charge in [0.15, 0.2) is 0 Å². The fraction of sp³-hybridized carbons (Fsp3) is 0.300. The van der Waals surface area contributed by atoms with Crippen molar-refractivity contribution in [3.05, 3.63) is 58.1 Å². The molecule has 6 nitrogen and oxygen atoms in total. The van der Waals surface area contributed by atoms with Crippen molar-refractivity contribution >= 4 is 46.6 Å². The molecule has 9 heteroatoms. The zero-order valence-corrected chi connectivity index (χ0v) is 18.4. The highest BCUT2D eigenvalue weighted by molar-refractivity contribution is 8.00. The van der Waals surface area contributed by atoms with E-state index >= 15 is 0 Å². The SMILES string of the molecule is CCCCc1ccc(-n2nnnc2SC(C)C(=O)Nc2c(Cl)cccc2Cl)cc1. The third-order valence-corrected chi connectivity index (χ3v) is 5.97. The molecule has 29 heavy (non-hydrogen) atoms. The molecule has 1 atom stereocenters. The minimum atomic E-state index is -0.462. The lowest BCUT2D eigenvalue weighted by molar-refractivity contribution is -0.115. The van der Waals surface area contributed by atoms with Gasteiger partial charge in [-0.15, -0.1) is 5.10 Å². The van der Waals surface area contributed by atoms with E-state index in [0.717, 1.165) is 24.9 Å². The number of halogens is 2. The van der Waals surface area contributed by atoms with E-state index in [2.05, 4.69) is 39.9 Å². The average molecular weight is 450 g/mol. The maximum atomic E-state index is 12.6. The van der Waals surface area contributed by atoms with Crippen molar-refractivity contribution in [2.45, 2.75) is 43.5 Å². The van der Waals surface area contributed by atoms with E-state index in [1.165, 1.54) is 17.3 Å². The summed E-state index contributed by atoms with van der Waals surface area (Å²) in [6.07, 6.45) is 3.37. The molecule has 3 aromatic rings. The van der Waals surface area contributed by atoms with Crippen LogP contribution in [0.3, 0.4) is 0 Å². The second kappa shape index (κ2) is 10.1. The zero-order valence-electron chi connectivity index (χ0n) is 16.1. The molecule has 2 aromatic carbocycles. The normalized spacial score (nSPS) is 12.0. The van der Waals surface area contributed by atoms with Crippen LogP contribution in [-0.4, -0.2) is 31.4 Å². The van der Waals surface area contributed by atoms with E-state index in [1.54, 1.807) is 29.8 Å². The molecule has 0 aliphatic carbocycles. The molecule has 0 bridgehead atoms.